The lowest BCUT2D eigenvalue weighted by Crippen LogP contribution is -2.55. The van der Waals surface area contributed by atoms with Gasteiger partial charge in [-0.1, -0.05) is 12.1 Å². The Labute approximate surface area is 162 Å². The summed E-state index contributed by atoms with van der Waals surface area (Å²) >= 11 is 0. The number of hydrogen-bond acceptors (Lipinski definition) is 4. The predicted molar refractivity (Wildman–Crippen MR) is 105 cm³/mol. The summed E-state index contributed by atoms with van der Waals surface area (Å²) < 4.78 is 1.95. The molecule has 2 bridgehead atoms. The number of amides is 1. The van der Waals surface area contributed by atoms with Crippen LogP contribution >= 0.6 is 0 Å². The van der Waals surface area contributed by atoms with Crippen molar-refractivity contribution in [2.45, 2.75) is 31.2 Å². The first-order valence-electron chi connectivity index (χ1n) is 9.62. The van der Waals surface area contributed by atoms with Crippen LogP contribution in [0.2, 0.25) is 0 Å². The summed E-state index contributed by atoms with van der Waals surface area (Å²) in [5.41, 5.74) is 12.0. The SMILES string of the molecule is NC(=O)c1ncn2c1CN=C(c1ccccn1)c1cc(C34CC(C3)C4)ccc1-2. The van der Waals surface area contributed by atoms with Crippen LogP contribution in [0.4, 0.5) is 0 Å². The van der Waals surface area contributed by atoms with Gasteiger partial charge in [-0.3, -0.25) is 19.3 Å². The first kappa shape index (κ1) is 15.7. The highest BCUT2D eigenvalue weighted by Gasteiger charge is 2.57. The molecule has 1 aromatic carbocycles. The molecule has 138 valence electrons. The maximum absolute atomic E-state index is 11.8. The fraction of sp³-hybridized carbons (Fsp3) is 0.273. The predicted octanol–water partition coefficient (Wildman–Crippen LogP) is 2.77. The van der Waals surface area contributed by atoms with Gasteiger partial charge in [-0.2, -0.15) is 0 Å². The van der Waals surface area contributed by atoms with E-state index in [9.17, 15) is 4.79 Å². The zero-order valence-electron chi connectivity index (χ0n) is 15.3. The third-order valence-electron chi connectivity index (χ3n) is 6.56. The smallest absolute Gasteiger partial charge is 0.269 e. The lowest BCUT2D eigenvalue weighted by Gasteiger charge is -2.62. The van der Waals surface area contributed by atoms with Crippen molar-refractivity contribution in [2.75, 3.05) is 0 Å². The molecule has 4 aliphatic rings. The monoisotopic (exact) mass is 369 g/mol. The van der Waals surface area contributed by atoms with Gasteiger partial charge < -0.3 is 5.73 Å². The third-order valence-corrected chi connectivity index (χ3v) is 6.56. The number of primary amides is 1. The van der Waals surface area contributed by atoms with Crippen molar-refractivity contribution in [3.8, 4) is 5.69 Å². The molecule has 6 heteroatoms. The van der Waals surface area contributed by atoms with Crippen molar-refractivity contribution >= 4 is 11.6 Å². The van der Waals surface area contributed by atoms with E-state index in [1.54, 1.807) is 12.5 Å². The summed E-state index contributed by atoms with van der Waals surface area (Å²) in [6.45, 7) is 0.335. The van der Waals surface area contributed by atoms with Crippen LogP contribution in [-0.2, 0) is 12.0 Å². The molecule has 2 aromatic heterocycles. The molecule has 3 aromatic rings. The maximum atomic E-state index is 11.8. The van der Waals surface area contributed by atoms with Crippen LogP contribution in [0.3, 0.4) is 0 Å². The van der Waals surface area contributed by atoms with E-state index < -0.39 is 5.91 Å². The minimum Gasteiger partial charge on any atom is -0.364 e. The summed E-state index contributed by atoms with van der Waals surface area (Å²) in [4.78, 5) is 25.5. The van der Waals surface area contributed by atoms with Crippen molar-refractivity contribution in [2.24, 2.45) is 16.6 Å². The molecule has 0 saturated heterocycles. The number of carbonyl (C=O) groups excluding carboxylic acids is 1. The molecular formula is C22H19N5O. The molecule has 3 aliphatic carbocycles. The first-order chi connectivity index (χ1) is 13.6. The molecule has 0 radical (unpaired) electrons. The topological polar surface area (TPSA) is 86.2 Å². The van der Waals surface area contributed by atoms with E-state index in [0.29, 0.717) is 12.0 Å². The van der Waals surface area contributed by atoms with Crippen LogP contribution in [0.15, 0.2) is 53.9 Å². The zero-order chi connectivity index (χ0) is 18.9. The highest BCUT2D eigenvalue weighted by molar-refractivity contribution is 6.14. The molecule has 2 N–H and O–H groups in total. The number of nitrogens with two attached hydrogens (primary N) is 1. The number of benzene rings is 1. The van der Waals surface area contributed by atoms with E-state index in [4.69, 9.17) is 10.7 Å². The second-order valence-electron chi connectivity index (χ2n) is 8.14. The van der Waals surface area contributed by atoms with Gasteiger partial charge in [0.15, 0.2) is 5.69 Å². The molecule has 3 fully saturated rings. The Morgan fingerprint density at radius 3 is 2.68 bits per heavy atom. The van der Waals surface area contributed by atoms with Crippen LogP contribution in [-0.4, -0.2) is 26.2 Å². The Bertz CT molecular complexity index is 1140. The van der Waals surface area contributed by atoms with E-state index in [0.717, 1.165) is 34.3 Å². The van der Waals surface area contributed by atoms with Gasteiger partial charge >= 0.3 is 0 Å². The van der Waals surface area contributed by atoms with Crippen molar-refractivity contribution < 1.29 is 4.79 Å². The van der Waals surface area contributed by atoms with Gasteiger partial charge in [0, 0.05) is 11.8 Å². The Morgan fingerprint density at radius 1 is 1.14 bits per heavy atom. The zero-order valence-corrected chi connectivity index (χ0v) is 15.3. The van der Waals surface area contributed by atoms with Gasteiger partial charge in [-0.25, -0.2) is 4.98 Å². The summed E-state index contributed by atoms with van der Waals surface area (Å²) in [7, 11) is 0. The number of fused-ring (bicyclic) bond motifs is 3. The summed E-state index contributed by atoms with van der Waals surface area (Å²) in [6, 6.07) is 12.5. The van der Waals surface area contributed by atoms with Crippen LogP contribution < -0.4 is 5.73 Å². The van der Waals surface area contributed by atoms with E-state index in [-0.39, 0.29) is 5.69 Å². The minimum atomic E-state index is -0.530. The van der Waals surface area contributed by atoms with Crippen molar-refractivity contribution in [1.29, 1.82) is 0 Å². The second-order valence-corrected chi connectivity index (χ2v) is 8.14. The average Bonchev–Trinajstić information content (AvgIpc) is 2.98. The van der Waals surface area contributed by atoms with E-state index in [1.165, 1.54) is 24.8 Å². The highest BCUT2D eigenvalue weighted by atomic mass is 16.1. The number of aromatic nitrogens is 3. The largest absolute Gasteiger partial charge is 0.364 e. The van der Waals surface area contributed by atoms with Crippen molar-refractivity contribution in [3.63, 3.8) is 0 Å². The standard InChI is InChI=1S/C22H19N5O/c23-21(28)20-18-11-25-19(16-3-1-2-6-24-16)15-7-14(22-8-13(9-22)10-22)4-5-17(15)27(18)12-26-20/h1-7,12-13H,8-11H2,(H2,23,28). The van der Waals surface area contributed by atoms with Crippen LogP contribution in [0.5, 0.6) is 0 Å². The Balaban J connectivity index is 1.58. The van der Waals surface area contributed by atoms with Gasteiger partial charge in [0.1, 0.15) is 6.33 Å². The van der Waals surface area contributed by atoms with Gasteiger partial charge in [0.25, 0.3) is 5.91 Å². The van der Waals surface area contributed by atoms with Crippen molar-refractivity contribution in [3.05, 3.63) is 77.1 Å². The van der Waals surface area contributed by atoms with Crippen molar-refractivity contribution in [1.82, 2.24) is 14.5 Å². The van der Waals surface area contributed by atoms with E-state index in [2.05, 4.69) is 28.2 Å². The first-order valence-corrected chi connectivity index (χ1v) is 9.62. The van der Waals surface area contributed by atoms with E-state index >= 15 is 0 Å². The lowest BCUT2D eigenvalue weighted by atomic mass is 9.42. The maximum Gasteiger partial charge on any atom is 0.269 e. The van der Waals surface area contributed by atoms with E-state index in [1.807, 2.05) is 22.8 Å². The molecule has 6 nitrogen and oxygen atoms in total. The second kappa shape index (κ2) is 5.38. The third kappa shape index (κ3) is 2.03. The molecule has 0 atom stereocenters. The highest BCUT2D eigenvalue weighted by Crippen LogP contribution is 2.65. The molecule has 0 spiro atoms. The number of hydrogen-bond donors (Lipinski definition) is 1. The van der Waals surface area contributed by atoms with Gasteiger partial charge in [0.05, 0.1) is 29.3 Å². The number of imidazole rings is 1. The Morgan fingerprint density at radius 2 is 2.00 bits per heavy atom. The normalized spacial score (nSPS) is 24.1. The molecule has 7 rings (SSSR count). The summed E-state index contributed by atoms with van der Waals surface area (Å²) in [6.07, 6.45) is 7.34. The van der Waals surface area contributed by atoms with Gasteiger partial charge in [-0.15, -0.1) is 0 Å². The minimum absolute atomic E-state index is 0.278. The van der Waals surface area contributed by atoms with Crippen LogP contribution in [0.25, 0.3) is 5.69 Å². The molecule has 1 aliphatic heterocycles. The number of aliphatic imine (C=N–C) groups is 1. The molecule has 28 heavy (non-hydrogen) atoms. The van der Waals surface area contributed by atoms with Crippen LogP contribution in [0.1, 0.15) is 52.3 Å². The quantitative estimate of drug-likeness (QED) is 0.770. The fourth-order valence-corrected chi connectivity index (χ4v) is 5.00. The van der Waals surface area contributed by atoms with Crippen LogP contribution in [0, 0.1) is 5.92 Å². The molecule has 3 heterocycles. The Hall–Kier alpha value is -3.28. The number of pyridine rings is 1. The lowest BCUT2D eigenvalue weighted by molar-refractivity contribution is -0.0274. The fourth-order valence-electron chi connectivity index (χ4n) is 5.00. The molecule has 3 saturated carbocycles. The molecular weight excluding hydrogens is 350 g/mol. The van der Waals surface area contributed by atoms with Gasteiger partial charge in [0.2, 0.25) is 0 Å². The van der Waals surface area contributed by atoms with Gasteiger partial charge in [-0.05, 0) is 60.4 Å². The Kier molecular flexibility index (Phi) is 3.02. The number of nitrogens with zero attached hydrogens (tertiary/aromatic N) is 4. The number of rotatable bonds is 3. The summed E-state index contributed by atoms with van der Waals surface area (Å²) in [5, 5.41) is 0. The average molecular weight is 369 g/mol. The molecule has 0 unspecified atom stereocenters. The number of carbonyl (C=O) groups is 1. The molecule has 1 amide bonds. The summed E-state index contributed by atoms with van der Waals surface area (Å²) in [5.74, 6) is 0.387.